The minimum absolute atomic E-state index is 0.416. The molecular weight excluding hydrogens is 348 g/mol. The van der Waals surface area contributed by atoms with Gasteiger partial charge in [-0.05, 0) is 72.1 Å². The largest absolute Gasteiger partial charge is 0.508 e. The standard InChI is InChI=1S/C25H40O3/c1-5-6-7-8-9-10-11-12-13-14-15-16-17-18-19-20-21-22-23-27-24(26)28-25(2,3)4/h6-7,9-10,12-13,15-16,18-19H,5,8,11,14,17,20-23H2,1-4H3/b7-6+,10-9+,13-12+,16-15+,19-18+. The second-order valence-electron chi connectivity index (χ2n) is 7.52. The van der Waals surface area contributed by atoms with Crippen LogP contribution in [0.25, 0.3) is 0 Å². The Hall–Kier alpha value is -2.03. The molecule has 0 aromatic carbocycles. The smallest absolute Gasteiger partial charge is 0.434 e. The van der Waals surface area contributed by atoms with E-state index < -0.39 is 11.8 Å². The van der Waals surface area contributed by atoms with E-state index in [1.54, 1.807) is 0 Å². The van der Waals surface area contributed by atoms with Crippen LogP contribution in [0.3, 0.4) is 0 Å². The summed E-state index contributed by atoms with van der Waals surface area (Å²) in [6.07, 6.45) is 29.4. The van der Waals surface area contributed by atoms with Crippen molar-refractivity contribution in [3.8, 4) is 0 Å². The second kappa shape index (κ2) is 18.3. The lowest BCUT2D eigenvalue weighted by molar-refractivity contribution is -0.00762. The third-order valence-corrected chi connectivity index (χ3v) is 3.53. The van der Waals surface area contributed by atoms with Gasteiger partial charge in [0.05, 0.1) is 6.61 Å². The molecule has 158 valence electrons. The van der Waals surface area contributed by atoms with Crippen molar-refractivity contribution in [2.24, 2.45) is 0 Å². The minimum Gasteiger partial charge on any atom is -0.434 e. The Bertz CT molecular complexity index is 516. The Kier molecular flexibility index (Phi) is 17.0. The SMILES string of the molecule is CC/C=C/C/C=C/C/C=C/C/C=C/C/C=C/CCCCOC(=O)OC(C)(C)C. The lowest BCUT2D eigenvalue weighted by atomic mass is 10.2. The molecular formula is C25H40O3. The van der Waals surface area contributed by atoms with Gasteiger partial charge in [-0.3, -0.25) is 0 Å². The molecule has 0 rings (SSSR count). The number of allylic oxidation sites excluding steroid dienone is 10. The lowest BCUT2D eigenvalue weighted by Crippen LogP contribution is -2.24. The Morgan fingerprint density at radius 3 is 1.64 bits per heavy atom. The number of hydrogen-bond acceptors (Lipinski definition) is 3. The molecule has 0 radical (unpaired) electrons. The Balaban J connectivity index is 3.51. The molecule has 0 bridgehead atoms. The van der Waals surface area contributed by atoms with Gasteiger partial charge in [0.2, 0.25) is 0 Å². The van der Waals surface area contributed by atoms with E-state index in [9.17, 15) is 4.79 Å². The van der Waals surface area contributed by atoms with Gasteiger partial charge in [0, 0.05) is 0 Å². The maximum Gasteiger partial charge on any atom is 0.508 e. The summed E-state index contributed by atoms with van der Waals surface area (Å²) in [4.78, 5) is 11.4. The van der Waals surface area contributed by atoms with Crippen LogP contribution < -0.4 is 0 Å². The molecule has 28 heavy (non-hydrogen) atoms. The van der Waals surface area contributed by atoms with Gasteiger partial charge < -0.3 is 9.47 Å². The van der Waals surface area contributed by atoms with Crippen molar-refractivity contribution in [1.29, 1.82) is 0 Å². The second-order valence-corrected chi connectivity index (χ2v) is 7.52. The summed E-state index contributed by atoms with van der Waals surface area (Å²) < 4.78 is 10.1. The Morgan fingerprint density at radius 1 is 0.714 bits per heavy atom. The highest BCUT2D eigenvalue weighted by molar-refractivity contribution is 5.60. The zero-order valence-corrected chi connectivity index (χ0v) is 18.4. The lowest BCUT2D eigenvalue weighted by Gasteiger charge is -2.18. The van der Waals surface area contributed by atoms with Gasteiger partial charge in [-0.25, -0.2) is 4.79 Å². The molecule has 0 atom stereocenters. The summed E-state index contributed by atoms with van der Waals surface area (Å²) in [5, 5.41) is 0. The van der Waals surface area contributed by atoms with Crippen LogP contribution in [-0.2, 0) is 9.47 Å². The first-order valence-corrected chi connectivity index (χ1v) is 10.6. The van der Waals surface area contributed by atoms with Crippen LogP contribution >= 0.6 is 0 Å². The fourth-order valence-corrected chi connectivity index (χ4v) is 2.17. The van der Waals surface area contributed by atoms with Crippen molar-refractivity contribution < 1.29 is 14.3 Å². The van der Waals surface area contributed by atoms with Gasteiger partial charge in [0.1, 0.15) is 5.60 Å². The van der Waals surface area contributed by atoms with Crippen molar-refractivity contribution in [3.63, 3.8) is 0 Å². The van der Waals surface area contributed by atoms with Gasteiger partial charge in [0.15, 0.2) is 0 Å². The number of carbonyl (C=O) groups excluding carboxylic acids is 1. The normalized spacial score (nSPS) is 13.0. The quantitative estimate of drug-likeness (QED) is 0.172. The maximum atomic E-state index is 11.4. The number of unbranched alkanes of at least 4 members (excludes halogenated alkanes) is 2. The van der Waals surface area contributed by atoms with E-state index in [2.05, 4.69) is 67.7 Å². The summed E-state index contributed by atoms with van der Waals surface area (Å²) in [6, 6.07) is 0. The van der Waals surface area contributed by atoms with Gasteiger partial charge in [-0.2, -0.15) is 0 Å². The Labute approximate surface area is 172 Å². The van der Waals surface area contributed by atoms with E-state index in [4.69, 9.17) is 9.47 Å². The van der Waals surface area contributed by atoms with Crippen LogP contribution in [0.15, 0.2) is 60.8 Å². The molecule has 0 saturated carbocycles. The summed E-state index contributed by atoms with van der Waals surface area (Å²) in [5.41, 5.74) is -0.494. The fourth-order valence-electron chi connectivity index (χ4n) is 2.17. The molecule has 0 N–H and O–H groups in total. The van der Waals surface area contributed by atoms with E-state index in [-0.39, 0.29) is 0 Å². The van der Waals surface area contributed by atoms with E-state index in [1.165, 1.54) is 0 Å². The predicted octanol–water partition coefficient (Wildman–Crippen LogP) is 7.86. The molecule has 0 aromatic rings. The number of carbonyl (C=O) groups is 1. The highest BCUT2D eigenvalue weighted by Gasteiger charge is 2.16. The monoisotopic (exact) mass is 388 g/mol. The van der Waals surface area contributed by atoms with Crippen molar-refractivity contribution in [1.82, 2.24) is 0 Å². The third-order valence-electron chi connectivity index (χ3n) is 3.53. The van der Waals surface area contributed by atoms with Crippen molar-refractivity contribution in [2.75, 3.05) is 6.61 Å². The van der Waals surface area contributed by atoms with Crippen molar-refractivity contribution in [3.05, 3.63) is 60.8 Å². The molecule has 0 heterocycles. The maximum absolute atomic E-state index is 11.4. The first-order valence-electron chi connectivity index (χ1n) is 10.6. The molecule has 0 spiro atoms. The number of hydrogen-bond donors (Lipinski definition) is 0. The fraction of sp³-hybridized carbons (Fsp3) is 0.560. The predicted molar refractivity (Wildman–Crippen MR) is 120 cm³/mol. The zero-order valence-electron chi connectivity index (χ0n) is 18.4. The number of rotatable bonds is 14. The minimum atomic E-state index is -0.581. The Morgan fingerprint density at radius 2 is 1.18 bits per heavy atom. The first kappa shape index (κ1) is 26.0. The highest BCUT2D eigenvalue weighted by Crippen LogP contribution is 2.08. The summed E-state index contributed by atoms with van der Waals surface area (Å²) in [7, 11) is 0. The van der Waals surface area contributed by atoms with Gasteiger partial charge in [0.25, 0.3) is 0 Å². The zero-order chi connectivity index (χ0) is 20.9. The summed E-state index contributed by atoms with van der Waals surface area (Å²) >= 11 is 0. The van der Waals surface area contributed by atoms with Gasteiger partial charge >= 0.3 is 6.16 Å². The molecule has 0 aliphatic heterocycles. The average molecular weight is 389 g/mol. The third kappa shape index (κ3) is 22.0. The molecule has 3 nitrogen and oxygen atoms in total. The van der Waals surface area contributed by atoms with E-state index >= 15 is 0 Å². The van der Waals surface area contributed by atoms with Crippen molar-refractivity contribution >= 4 is 6.16 Å². The van der Waals surface area contributed by atoms with E-state index in [0.29, 0.717) is 6.61 Å². The summed E-state index contributed by atoms with van der Waals surface area (Å²) in [6.45, 7) is 8.05. The highest BCUT2D eigenvalue weighted by atomic mass is 16.7. The molecule has 0 amide bonds. The van der Waals surface area contributed by atoms with Crippen molar-refractivity contribution in [2.45, 2.75) is 84.7 Å². The molecule has 0 fully saturated rings. The molecule has 0 unspecified atom stereocenters. The van der Waals surface area contributed by atoms with Crippen LogP contribution in [0.2, 0.25) is 0 Å². The average Bonchev–Trinajstić information content (AvgIpc) is 2.62. The summed E-state index contributed by atoms with van der Waals surface area (Å²) in [5.74, 6) is 0. The van der Waals surface area contributed by atoms with Gasteiger partial charge in [-0.1, -0.05) is 67.7 Å². The molecule has 0 aliphatic carbocycles. The van der Waals surface area contributed by atoms with Gasteiger partial charge in [-0.15, -0.1) is 0 Å². The van der Waals surface area contributed by atoms with E-state index in [1.807, 2.05) is 20.8 Å². The number of ether oxygens (including phenoxy) is 2. The molecule has 0 saturated heterocycles. The molecule has 0 aromatic heterocycles. The van der Waals surface area contributed by atoms with Crippen LogP contribution in [0.4, 0.5) is 4.79 Å². The van der Waals surface area contributed by atoms with Crippen LogP contribution in [0.1, 0.15) is 79.1 Å². The molecule has 3 heteroatoms. The van der Waals surface area contributed by atoms with Crippen LogP contribution in [0, 0.1) is 0 Å². The van der Waals surface area contributed by atoms with Crippen LogP contribution in [0.5, 0.6) is 0 Å². The van der Waals surface area contributed by atoms with E-state index in [0.717, 1.165) is 51.4 Å². The first-order chi connectivity index (χ1) is 13.5. The molecule has 0 aliphatic rings. The van der Waals surface area contributed by atoms with Crippen LogP contribution in [-0.4, -0.2) is 18.4 Å². The topological polar surface area (TPSA) is 35.5 Å².